The van der Waals surface area contributed by atoms with Crippen LogP contribution >= 0.6 is 11.6 Å². The van der Waals surface area contributed by atoms with Crippen molar-refractivity contribution in [3.63, 3.8) is 0 Å². The molecule has 1 rings (SSSR count). The maximum absolute atomic E-state index is 5.68. The van der Waals surface area contributed by atoms with Gasteiger partial charge in [-0.15, -0.1) is 0 Å². The molecule has 0 saturated carbocycles. The monoisotopic (exact) mass is 267 g/mol. The number of unbranched alkanes of at least 4 members (excludes halogenated alkanes) is 2. The van der Waals surface area contributed by atoms with Crippen molar-refractivity contribution in [3.05, 3.63) is 41.4 Å². The summed E-state index contributed by atoms with van der Waals surface area (Å²) in [6, 6.07) is 8.16. The minimum absolute atomic E-state index is 0.630. The average Bonchev–Trinajstić information content (AvgIpc) is 2.36. The molecule has 18 heavy (non-hydrogen) atoms. The fourth-order valence-corrected chi connectivity index (χ4v) is 1.68. The molecule has 0 bridgehead atoms. The molecule has 100 valence electrons. The quantitative estimate of drug-likeness (QED) is 0.680. The minimum Gasteiger partial charge on any atom is -0.494 e. The largest absolute Gasteiger partial charge is 0.494 e. The molecule has 0 spiro atoms. The zero-order chi connectivity index (χ0) is 13.2. The molecule has 1 aromatic rings. The molecule has 3 heteroatoms. The summed E-state index contributed by atoms with van der Waals surface area (Å²) in [5.41, 5.74) is 1.22. The Kier molecular flexibility index (Phi) is 7.54. The van der Waals surface area contributed by atoms with E-state index in [9.17, 15) is 0 Å². The fourth-order valence-electron chi connectivity index (χ4n) is 1.59. The van der Waals surface area contributed by atoms with Gasteiger partial charge in [0.15, 0.2) is 0 Å². The van der Waals surface area contributed by atoms with Crippen LogP contribution in [0.1, 0.15) is 31.7 Å². The van der Waals surface area contributed by atoms with Gasteiger partial charge in [0.2, 0.25) is 0 Å². The van der Waals surface area contributed by atoms with Gasteiger partial charge in [-0.2, -0.15) is 0 Å². The van der Waals surface area contributed by atoms with Gasteiger partial charge in [0.1, 0.15) is 5.75 Å². The van der Waals surface area contributed by atoms with E-state index in [0.29, 0.717) is 11.6 Å². The molecular formula is C15H22ClNO. The van der Waals surface area contributed by atoms with Gasteiger partial charge in [-0.3, -0.25) is 0 Å². The van der Waals surface area contributed by atoms with Crippen molar-refractivity contribution in [1.29, 1.82) is 0 Å². The molecule has 1 aromatic carbocycles. The van der Waals surface area contributed by atoms with Crippen molar-refractivity contribution < 1.29 is 4.74 Å². The van der Waals surface area contributed by atoms with Crippen molar-refractivity contribution in [1.82, 2.24) is 5.32 Å². The van der Waals surface area contributed by atoms with Gasteiger partial charge in [-0.25, -0.2) is 0 Å². The zero-order valence-corrected chi connectivity index (χ0v) is 11.8. The number of halogens is 1. The highest BCUT2D eigenvalue weighted by Crippen LogP contribution is 2.13. The Morgan fingerprint density at radius 3 is 2.61 bits per heavy atom. The Balaban J connectivity index is 2.26. The molecule has 0 heterocycles. The molecule has 0 aliphatic rings. The van der Waals surface area contributed by atoms with E-state index in [2.05, 4.69) is 31.0 Å². The Bertz CT molecular complexity index is 348. The number of nitrogens with one attached hydrogen (secondary N) is 1. The molecule has 1 N–H and O–H groups in total. The Labute approximate surface area is 115 Å². The predicted octanol–water partition coefficient (Wildman–Crippen LogP) is 4.10. The summed E-state index contributed by atoms with van der Waals surface area (Å²) < 4.78 is 5.65. The van der Waals surface area contributed by atoms with Crippen molar-refractivity contribution in [2.75, 3.05) is 13.2 Å². The predicted molar refractivity (Wildman–Crippen MR) is 78.2 cm³/mol. The van der Waals surface area contributed by atoms with Gasteiger partial charge in [0.05, 0.1) is 6.61 Å². The molecular weight excluding hydrogens is 246 g/mol. The lowest BCUT2D eigenvalue weighted by molar-refractivity contribution is 0.306. The zero-order valence-electron chi connectivity index (χ0n) is 11.0. The number of ether oxygens (including phenoxy) is 1. The summed E-state index contributed by atoms with van der Waals surface area (Å²) in [4.78, 5) is 0. The molecule has 0 aromatic heterocycles. The standard InChI is InChI=1S/C15H22ClNO/c1-3-4-5-10-18-15-8-6-14(7-9-15)12-17-11-13(2)16/h6-9,17H,2-5,10-12H2,1H3. The second kappa shape index (κ2) is 9.01. The van der Waals surface area contributed by atoms with Gasteiger partial charge in [0, 0.05) is 18.1 Å². The van der Waals surface area contributed by atoms with Crippen LogP contribution in [0.2, 0.25) is 0 Å². The van der Waals surface area contributed by atoms with Crippen LogP contribution in [-0.2, 0) is 6.54 Å². The lowest BCUT2D eigenvalue weighted by Crippen LogP contribution is -2.14. The summed E-state index contributed by atoms with van der Waals surface area (Å²) in [6.45, 7) is 8.06. The SMILES string of the molecule is C=C(Cl)CNCc1ccc(OCCCCC)cc1. The summed E-state index contributed by atoms with van der Waals surface area (Å²) in [5, 5.41) is 3.84. The fraction of sp³-hybridized carbons (Fsp3) is 0.467. The van der Waals surface area contributed by atoms with Gasteiger partial charge in [0.25, 0.3) is 0 Å². The Morgan fingerprint density at radius 2 is 2.00 bits per heavy atom. The molecule has 0 atom stereocenters. The van der Waals surface area contributed by atoms with Gasteiger partial charge >= 0.3 is 0 Å². The van der Waals surface area contributed by atoms with Gasteiger partial charge in [-0.05, 0) is 24.1 Å². The molecule has 0 aliphatic heterocycles. The Hall–Kier alpha value is -0.990. The van der Waals surface area contributed by atoms with Crippen LogP contribution in [0.25, 0.3) is 0 Å². The van der Waals surface area contributed by atoms with Crippen LogP contribution in [0.15, 0.2) is 35.9 Å². The second-order valence-electron chi connectivity index (χ2n) is 4.32. The first-order valence-corrected chi connectivity index (χ1v) is 6.86. The van der Waals surface area contributed by atoms with E-state index in [1.807, 2.05) is 12.1 Å². The highest BCUT2D eigenvalue weighted by molar-refractivity contribution is 6.29. The Morgan fingerprint density at radius 1 is 1.28 bits per heavy atom. The highest BCUT2D eigenvalue weighted by Gasteiger charge is 1.96. The summed E-state index contributed by atoms with van der Waals surface area (Å²) >= 11 is 5.68. The van der Waals surface area contributed by atoms with E-state index in [4.69, 9.17) is 16.3 Å². The summed E-state index contributed by atoms with van der Waals surface area (Å²) in [5.74, 6) is 0.941. The first kappa shape index (κ1) is 15.1. The van der Waals surface area contributed by atoms with Crippen LogP contribution in [-0.4, -0.2) is 13.2 Å². The number of hydrogen-bond acceptors (Lipinski definition) is 2. The number of benzene rings is 1. The minimum atomic E-state index is 0.630. The molecule has 0 unspecified atom stereocenters. The smallest absolute Gasteiger partial charge is 0.119 e. The van der Waals surface area contributed by atoms with Gasteiger partial charge in [-0.1, -0.05) is 50.1 Å². The van der Waals surface area contributed by atoms with Crippen molar-refractivity contribution in [2.45, 2.75) is 32.7 Å². The normalized spacial score (nSPS) is 10.3. The highest BCUT2D eigenvalue weighted by atomic mass is 35.5. The summed E-state index contributed by atoms with van der Waals surface area (Å²) in [7, 11) is 0. The van der Waals surface area contributed by atoms with Crippen molar-refractivity contribution in [3.8, 4) is 5.75 Å². The topological polar surface area (TPSA) is 21.3 Å². The maximum atomic E-state index is 5.68. The first-order valence-electron chi connectivity index (χ1n) is 6.48. The third-order valence-electron chi connectivity index (χ3n) is 2.59. The van der Waals surface area contributed by atoms with E-state index >= 15 is 0 Å². The number of rotatable bonds is 9. The average molecular weight is 268 g/mol. The molecule has 0 saturated heterocycles. The molecule has 2 nitrogen and oxygen atoms in total. The summed E-state index contributed by atoms with van der Waals surface area (Å²) in [6.07, 6.45) is 3.57. The lowest BCUT2D eigenvalue weighted by atomic mass is 10.2. The van der Waals surface area contributed by atoms with E-state index < -0.39 is 0 Å². The van der Waals surface area contributed by atoms with E-state index in [1.54, 1.807) is 0 Å². The molecule has 0 amide bonds. The molecule has 0 aliphatic carbocycles. The van der Waals surface area contributed by atoms with Gasteiger partial charge < -0.3 is 10.1 Å². The van der Waals surface area contributed by atoms with Crippen molar-refractivity contribution in [2.24, 2.45) is 0 Å². The maximum Gasteiger partial charge on any atom is 0.119 e. The van der Waals surface area contributed by atoms with Crippen LogP contribution in [0, 0.1) is 0 Å². The van der Waals surface area contributed by atoms with Crippen LogP contribution in [0.4, 0.5) is 0 Å². The van der Waals surface area contributed by atoms with E-state index in [0.717, 1.165) is 25.3 Å². The van der Waals surface area contributed by atoms with E-state index in [1.165, 1.54) is 18.4 Å². The lowest BCUT2D eigenvalue weighted by Gasteiger charge is -2.07. The van der Waals surface area contributed by atoms with Crippen LogP contribution in [0.3, 0.4) is 0 Å². The van der Waals surface area contributed by atoms with Crippen LogP contribution < -0.4 is 10.1 Å². The number of hydrogen-bond donors (Lipinski definition) is 1. The molecule has 0 fully saturated rings. The third kappa shape index (κ3) is 6.67. The van der Waals surface area contributed by atoms with Crippen LogP contribution in [0.5, 0.6) is 5.75 Å². The third-order valence-corrected chi connectivity index (χ3v) is 2.72. The first-order chi connectivity index (χ1) is 8.72. The second-order valence-corrected chi connectivity index (χ2v) is 4.85. The van der Waals surface area contributed by atoms with Crippen molar-refractivity contribution >= 4 is 11.6 Å². The van der Waals surface area contributed by atoms with E-state index in [-0.39, 0.29) is 0 Å². The molecule has 0 radical (unpaired) electrons.